The Labute approximate surface area is 114 Å². The summed E-state index contributed by atoms with van der Waals surface area (Å²) in [5.41, 5.74) is 6.74. The molecule has 0 aliphatic heterocycles. The van der Waals surface area contributed by atoms with Gasteiger partial charge in [0.2, 0.25) is 0 Å². The second-order valence-electron chi connectivity index (χ2n) is 6.81. The van der Waals surface area contributed by atoms with Crippen LogP contribution in [-0.2, 0) is 13.6 Å². The molecule has 0 saturated heterocycles. The van der Waals surface area contributed by atoms with Crippen molar-refractivity contribution in [2.24, 2.45) is 36.5 Å². The van der Waals surface area contributed by atoms with E-state index < -0.39 is 0 Å². The van der Waals surface area contributed by atoms with E-state index in [1.54, 1.807) is 0 Å². The number of nitrogens with zero attached hydrogens (tertiary/aromatic N) is 2. The zero-order chi connectivity index (χ0) is 13.0. The van der Waals surface area contributed by atoms with Gasteiger partial charge in [-0.25, -0.2) is 4.98 Å². The first kappa shape index (κ1) is 11.8. The van der Waals surface area contributed by atoms with Gasteiger partial charge in [0.25, 0.3) is 6.01 Å². The summed E-state index contributed by atoms with van der Waals surface area (Å²) in [6, 6.07) is 0.762. The molecule has 2 N–H and O–H groups in total. The number of hydrogen-bond donors (Lipinski definition) is 1. The van der Waals surface area contributed by atoms with E-state index in [9.17, 15) is 0 Å². The highest BCUT2D eigenvalue weighted by atomic mass is 16.5. The molecule has 4 heteroatoms. The minimum absolute atomic E-state index is 0.402. The van der Waals surface area contributed by atoms with Crippen LogP contribution in [0, 0.1) is 23.7 Å². The Balaban J connectivity index is 1.55. The van der Waals surface area contributed by atoms with Gasteiger partial charge in [0, 0.05) is 13.6 Å². The van der Waals surface area contributed by atoms with Gasteiger partial charge in [-0.15, -0.1) is 0 Å². The molecule has 0 radical (unpaired) electrons. The maximum atomic E-state index is 6.30. The van der Waals surface area contributed by atoms with Gasteiger partial charge in [-0.05, 0) is 55.8 Å². The zero-order valence-corrected chi connectivity index (χ0v) is 11.6. The van der Waals surface area contributed by atoms with Crippen LogP contribution in [0.15, 0.2) is 6.20 Å². The summed E-state index contributed by atoms with van der Waals surface area (Å²) in [7, 11) is 2.00. The van der Waals surface area contributed by atoms with Crippen LogP contribution >= 0.6 is 0 Å². The van der Waals surface area contributed by atoms with Crippen LogP contribution < -0.4 is 10.5 Å². The molecule has 0 aromatic carbocycles. The molecule has 104 valence electrons. The fourth-order valence-corrected chi connectivity index (χ4v) is 4.91. The fourth-order valence-electron chi connectivity index (χ4n) is 4.91. The molecule has 4 saturated carbocycles. The third-order valence-corrected chi connectivity index (χ3v) is 5.63. The van der Waals surface area contributed by atoms with E-state index in [-0.39, 0.29) is 0 Å². The van der Waals surface area contributed by atoms with Gasteiger partial charge in [0.15, 0.2) is 0 Å². The SMILES string of the molecule is Cn1c(CN)cnc1OC1C2CC3CC(C2)CC1C3. The first-order valence-electron chi connectivity index (χ1n) is 7.62. The molecule has 0 unspecified atom stereocenters. The van der Waals surface area contributed by atoms with Crippen LogP contribution in [0.4, 0.5) is 0 Å². The Bertz CT molecular complexity index is 454. The van der Waals surface area contributed by atoms with Gasteiger partial charge in [-0.3, -0.25) is 0 Å². The second kappa shape index (κ2) is 4.23. The normalized spacial score (nSPS) is 39.8. The van der Waals surface area contributed by atoms with Gasteiger partial charge in [0.05, 0.1) is 11.9 Å². The lowest BCUT2D eigenvalue weighted by atomic mass is 9.55. The van der Waals surface area contributed by atoms with Crippen molar-refractivity contribution in [2.75, 3.05) is 0 Å². The Hall–Kier alpha value is -1.03. The molecule has 19 heavy (non-hydrogen) atoms. The number of nitrogens with two attached hydrogens (primary N) is 1. The number of aromatic nitrogens is 2. The molecule has 4 nitrogen and oxygen atoms in total. The molecule has 0 atom stereocenters. The number of hydrogen-bond acceptors (Lipinski definition) is 3. The Morgan fingerprint density at radius 3 is 2.37 bits per heavy atom. The molecule has 4 aliphatic carbocycles. The standard InChI is InChI=1S/C15H23N3O/c1-18-13(7-16)8-17-15(18)19-14-11-3-9-2-10(5-11)6-12(14)4-9/h8-12,14H,2-7,16H2,1H3. The number of imidazole rings is 1. The molecule has 0 spiro atoms. The highest BCUT2D eigenvalue weighted by molar-refractivity contribution is 5.10. The van der Waals surface area contributed by atoms with Crippen molar-refractivity contribution >= 4 is 0 Å². The van der Waals surface area contributed by atoms with E-state index in [1.807, 2.05) is 17.8 Å². The molecule has 1 aromatic heterocycles. The first-order valence-corrected chi connectivity index (χ1v) is 7.62. The van der Waals surface area contributed by atoms with Crippen molar-refractivity contribution in [3.8, 4) is 6.01 Å². The zero-order valence-electron chi connectivity index (χ0n) is 11.6. The van der Waals surface area contributed by atoms with Crippen LogP contribution in [0.25, 0.3) is 0 Å². The lowest BCUT2D eigenvalue weighted by Gasteiger charge is -2.53. The van der Waals surface area contributed by atoms with Crippen LogP contribution in [0.1, 0.15) is 37.8 Å². The van der Waals surface area contributed by atoms with Gasteiger partial charge < -0.3 is 15.0 Å². The fraction of sp³-hybridized carbons (Fsp3) is 0.800. The van der Waals surface area contributed by atoms with Gasteiger partial charge in [-0.2, -0.15) is 0 Å². The molecular weight excluding hydrogens is 238 g/mol. The van der Waals surface area contributed by atoms with Crippen LogP contribution in [0.2, 0.25) is 0 Å². The minimum Gasteiger partial charge on any atom is -0.461 e. The van der Waals surface area contributed by atoms with Gasteiger partial charge in [-0.1, -0.05) is 0 Å². The Morgan fingerprint density at radius 1 is 1.21 bits per heavy atom. The van der Waals surface area contributed by atoms with E-state index in [0.717, 1.165) is 35.4 Å². The molecule has 1 aromatic rings. The minimum atomic E-state index is 0.402. The average molecular weight is 261 g/mol. The summed E-state index contributed by atoms with van der Waals surface area (Å²) in [6.45, 7) is 0.522. The van der Waals surface area contributed by atoms with Gasteiger partial charge in [0.1, 0.15) is 6.10 Å². The van der Waals surface area contributed by atoms with Crippen molar-refractivity contribution in [2.45, 2.75) is 44.8 Å². The van der Waals surface area contributed by atoms with E-state index in [1.165, 1.54) is 32.1 Å². The van der Waals surface area contributed by atoms with E-state index in [4.69, 9.17) is 10.5 Å². The van der Waals surface area contributed by atoms with Crippen molar-refractivity contribution in [1.29, 1.82) is 0 Å². The predicted octanol–water partition coefficient (Wildman–Crippen LogP) is 2.08. The average Bonchev–Trinajstić information content (AvgIpc) is 2.74. The summed E-state index contributed by atoms with van der Waals surface area (Å²) in [5.74, 6) is 3.52. The van der Waals surface area contributed by atoms with Crippen molar-refractivity contribution in [1.82, 2.24) is 9.55 Å². The summed E-state index contributed by atoms with van der Waals surface area (Å²) < 4.78 is 8.31. The maximum absolute atomic E-state index is 6.30. The maximum Gasteiger partial charge on any atom is 0.296 e. The van der Waals surface area contributed by atoms with Crippen molar-refractivity contribution < 1.29 is 4.74 Å². The van der Waals surface area contributed by atoms with Gasteiger partial charge >= 0.3 is 0 Å². The Morgan fingerprint density at radius 2 is 1.84 bits per heavy atom. The quantitative estimate of drug-likeness (QED) is 0.906. The van der Waals surface area contributed by atoms with E-state index in [2.05, 4.69) is 4.98 Å². The molecule has 4 bridgehead atoms. The first-order chi connectivity index (χ1) is 9.24. The van der Waals surface area contributed by atoms with E-state index in [0.29, 0.717) is 12.6 Å². The highest BCUT2D eigenvalue weighted by Gasteiger charge is 2.49. The van der Waals surface area contributed by atoms with Crippen molar-refractivity contribution in [3.63, 3.8) is 0 Å². The summed E-state index contributed by atoms with van der Waals surface area (Å²) in [6.07, 6.45) is 9.25. The third kappa shape index (κ3) is 1.80. The Kier molecular flexibility index (Phi) is 2.62. The number of rotatable bonds is 3. The summed E-state index contributed by atoms with van der Waals surface area (Å²) >= 11 is 0. The smallest absolute Gasteiger partial charge is 0.296 e. The predicted molar refractivity (Wildman–Crippen MR) is 72.6 cm³/mol. The van der Waals surface area contributed by atoms with Crippen LogP contribution in [0.3, 0.4) is 0 Å². The lowest BCUT2D eigenvalue weighted by Crippen LogP contribution is -2.50. The third-order valence-electron chi connectivity index (χ3n) is 5.63. The van der Waals surface area contributed by atoms with Crippen molar-refractivity contribution in [3.05, 3.63) is 11.9 Å². The number of ether oxygens (including phenoxy) is 1. The second-order valence-corrected chi connectivity index (χ2v) is 6.81. The molecule has 4 fully saturated rings. The summed E-state index contributed by atoms with van der Waals surface area (Å²) in [5, 5.41) is 0. The van der Waals surface area contributed by atoms with Crippen LogP contribution in [0.5, 0.6) is 6.01 Å². The van der Waals surface area contributed by atoms with E-state index >= 15 is 0 Å². The largest absolute Gasteiger partial charge is 0.461 e. The van der Waals surface area contributed by atoms with Crippen LogP contribution in [-0.4, -0.2) is 15.7 Å². The lowest BCUT2D eigenvalue weighted by molar-refractivity contribution is -0.0830. The molecule has 1 heterocycles. The molecular formula is C15H23N3O. The topological polar surface area (TPSA) is 53.1 Å². The molecule has 4 aliphatic rings. The molecule has 5 rings (SSSR count). The highest BCUT2D eigenvalue weighted by Crippen LogP contribution is 2.54. The summed E-state index contributed by atoms with van der Waals surface area (Å²) in [4.78, 5) is 4.40. The monoisotopic (exact) mass is 261 g/mol. The molecule has 0 amide bonds.